The van der Waals surface area contributed by atoms with E-state index in [1.165, 1.54) is 6.20 Å². The molecule has 2 rings (SSSR count). The molecule has 0 spiro atoms. The molecule has 0 radical (unpaired) electrons. The molecule has 0 saturated carbocycles. The van der Waals surface area contributed by atoms with Crippen molar-refractivity contribution in [2.75, 3.05) is 13.1 Å². The summed E-state index contributed by atoms with van der Waals surface area (Å²) in [4.78, 5) is 3.20. The van der Waals surface area contributed by atoms with Crippen molar-refractivity contribution in [3.05, 3.63) is 18.0 Å². The predicted molar refractivity (Wildman–Crippen MR) is 65.8 cm³/mol. The number of sulfonamides is 1. The van der Waals surface area contributed by atoms with Gasteiger partial charge in [0.15, 0.2) is 0 Å². The molecule has 0 aromatic carbocycles. The van der Waals surface area contributed by atoms with Crippen LogP contribution in [0.3, 0.4) is 0 Å². The van der Waals surface area contributed by atoms with Gasteiger partial charge in [-0.15, -0.1) is 0 Å². The second kappa shape index (κ2) is 4.80. The quantitative estimate of drug-likeness (QED) is 0.844. The number of hydrogen-bond donors (Lipinski definition) is 2. The third-order valence-corrected chi connectivity index (χ3v) is 5.19. The molecule has 1 aromatic rings. The number of nitrogens with two attached hydrogens (primary N) is 1. The number of aromatic amines is 1. The van der Waals surface area contributed by atoms with Gasteiger partial charge in [-0.25, -0.2) is 8.42 Å². The Morgan fingerprint density at radius 3 is 2.65 bits per heavy atom. The molecule has 0 bridgehead atoms. The molecule has 6 heteroatoms. The molecule has 0 unspecified atom stereocenters. The van der Waals surface area contributed by atoms with Crippen molar-refractivity contribution >= 4 is 10.0 Å². The summed E-state index contributed by atoms with van der Waals surface area (Å²) in [6, 6.07) is 1.62. The number of H-pyrrole nitrogens is 1. The first-order chi connectivity index (χ1) is 8.04. The van der Waals surface area contributed by atoms with E-state index >= 15 is 0 Å². The Bertz CT molecular complexity index is 473. The molecular weight excluding hydrogens is 238 g/mol. The van der Waals surface area contributed by atoms with Crippen molar-refractivity contribution < 1.29 is 8.42 Å². The van der Waals surface area contributed by atoms with Crippen LogP contribution in [-0.2, 0) is 16.6 Å². The maximum atomic E-state index is 12.3. The van der Waals surface area contributed by atoms with Gasteiger partial charge in [-0.05, 0) is 24.8 Å². The van der Waals surface area contributed by atoms with Gasteiger partial charge in [-0.1, -0.05) is 6.92 Å². The van der Waals surface area contributed by atoms with E-state index in [2.05, 4.69) is 11.9 Å². The van der Waals surface area contributed by atoms with Gasteiger partial charge in [-0.3, -0.25) is 0 Å². The van der Waals surface area contributed by atoms with Crippen LogP contribution < -0.4 is 5.73 Å². The van der Waals surface area contributed by atoms with Gasteiger partial charge >= 0.3 is 0 Å². The fourth-order valence-corrected chi connectivity index (χ4v) is 3.55. The minimum absolute atomic E-state index is 0.326. The van der Waals surface area contributed by atoms with E-state index in [0.717, 1.165) is 18.5 Å². The molecule has 1 fully saturated rings. The van der Waals surface area contributed by atoms with Crippen LogP contribution in [0.2, 0.25) is 0 Å². The third-order valence-electron chi connectivity index (χ3n) is 3.32. The second-order valence-corrected chi connectivity index (χ2v) is 6.59. The van der Waals surface area contributed by atoms with E-state index in [-0.39, 0.29) is 0 Å². The summed E-state index contributed by atoms with van der Waals surface area (Å²) in [5.41, 5.74) is 6.21. The fourth-order valence-electron chi connectivity index (χ4n) is 2.06. The van der Waals surface area contributed by atoms with Gasteiger partial charge in [0.25, 0.3) is 0 Å². The average Bonchev–Trinajstić information content (AvgIpc) is 2.78. The highest BCUT2D eigenvalue weighted by atomic mass is 32.2. The van der Waals surface area contributed by atoms with Crippen molar-refractivity contribution in [1.29, 1.82) is 0 Å². The van der Waals surface area contributed by atoms with Gasteiger partial charge < -0.3 is 10.7 Å². The van der Waals surface area contributed by atoms with Gasteiger partial charge in [0, 0.05) is 31.5 Å². The molecule has 0 aliphatic carbocycles. The van der Waals surface area contributed by atoms with Gasteiger partial charge in [-0.2, -0.15) is 4.31 Å². The molecule has 0 atom stereocenters. The van der Waals surface area contributed by atoms with Gasteiger partial charge in [0.1, 0.15) is 0 Å². The maximum absolute atomic E-state index is 12.3. The summed E-state index contributed by atoms with van der Waals surface area (Å²) in [5.74, 6) is 0.618. The van der Waals surface area contributed by atoms with Gasteiger partial charge in [0.2, 0.25) is 10.0 Å². The summed E-state index contributed by atoms with van der Waals surface area (Å²) in [7, 11) is -3.33. The monoisotopic (exact) mass is 257 g/mol. The molecular formula is C11H19N3O2S. The number of hydrogen-bond acceptors (Lipinski definition) is 3. The summed E-state index contributed by atoms with van der Waals surface area (Å²) in [6.45, 7) is 3.72. The number of piperidine rings is 1. The zero-order valence-electron chi connectivity index (χ0n) is 10.0. The summed E-state index contributed by atoms with van der Waals surface area (Å²) in [5, 5.41) is 0. The zero-order chi connectivity index (χ0) is 12.5. The van der Waals surface area contributed by atoms with Crippen molar-refractivity contribution in [2.45, 2.75) is 31.2 Å². The van der Waals surface area contributed by atoms with E-state index in [1.807, 2.05) is 0 Å². The molecule has 17 heavy (non-hydrogen) atoms. The van der Waals surface area contributed by atoms with Crippen LogP contribution in [0.15, 0.2) is 17.2 Å². The number of rotatable bonds is 3. The molecule has 1 aliphatic rings. The van der Waals surface area contributed by atoms with Crippen LogP contribution in [0, 0.1) is 5.92 Å². The lowest BCUT2D eigenvalue weighted by Gasteiger charge is -2.28. The Morgan fingerprint density at radius 2 is 2.12 bits per heavy atom. The van der Waals surface area contributed by atoms with Crippen LogP contribution in [0.1, 0.15) is 25.5 Å². The lowest BCUT2D eigenvalue weighted by molar-refractivity contribution is 0.288. The van der Waals surface area contributed by atoms with Crippen LogP contribution in [0.4, 0.5) is 0 Å². The Labute approximate surface area is 102 Å². The zero-order valence-corrected chi connectivity index (χ0v) is 10.8. The highest BCUT2D eigenvalue weighted by Crippen LogP contribution is 2.23. The lowest BCUT2D eigenvalue weighted by atomic mass is 10.0. The van der Waals surface area contributed by atoms with Crippen LogP contribution >= 0.6 is 0 Å². The molecule has 5 nitrogen and oxygen atoms in total. The van der Waals surface area contributed by atoms with Crippen molar-refractivity contribution in [1.82, 2.24) is 9.29 Å². The predicted octanol–water partition coefficient (Wildman–Crippen LogP) is 0.894. The Balaban J connectivity index is 2.18. The molecule has 1 aromatic heterocycles. The first kappa shape index (κ1) is 12.6. The first-order valence-electron chi connectivity index (χ1n) is 5.91. The minimum Gasteiger partial charge on any atom is -0.363 e. The minimum atomic E-state index is -3.33. The first-order valence-corrected chi connectivity index (χ1v) is 7.35. The molecule has 0 amide bonds. The fraction of sp³-hybridized carbons (Fsp3) is 0.636. The van der Waals surface area contributed by atoms with Crippen molar-refractivity contribution in [3.8, 4) is 0 Å². The summed E-state index contributed by atoms with van der Waals surface area (Å²) >= 11 is 0. The summed E-state index contributed by atoms with van der Waals surface area (Å²) in [6.07, 6.45) is 3.40. The van der Waals surface area contributed by atoms with E-state index < -0.39 is 10.0 Å². The van der Waals surface area contributed by atoms with Crippen LogP contribution in [0.25, 0.3) is 0 Å². The van der Waals surface area contributed by atoms with Crippen molar-refractivity contribution in [2.24, 2.45) is 11.7 Å². The van der Waals surface area contributed by atoms with E-state index in [0.29, 0.717) is 30.4 Å². The highest BCUT2D eigenvalue weighted by Gasteiger charge is 2.28. The molecule has 1 aliphatic heterocycles. The molecule has 2 heterocycles. The Kier molecular flexibility index (Phi) is 3.56. The Hall–Kier alpha value is -0.850. The molecule has 1 saturated heterocycles. The topological polar surface area (TPSA) is 79.2 Å². The maximum Gasteiger partial charge on any atom is 0.244 e. The standard InChI is InChI=1S/C11H19N3O2S/c1-9-2-4-14(5-3-9)17(15,16)11-6-10(7-12)13-8-11/h6,8-9,13H,2-5,7,12H2,1H3. The van der Waals surface area contributed by atoms with E-state index in [1.54, 1.807) is 10.4 Å². The third kappa shape index (κ3) is 2.53. The van der Waals surface area contributed by atoms with E-state index in [9.17, 15) is 8.42 Å². The smallest absolute Gasteiger partial charge is 0.244 e. The van der Waals surface area contributed by atoms with E-state index in [4.69, 9.17) is 5.73 Å². The second-order valence-electron chi connectivity index (χ2n) is 4.65. The van der Waals surface area contributed by atoms with Crippen molar-refractivity contribution in [3.63, 3.8) is 0 Å². The summed E-state index contributed by atoms with van der Waals surface area (Å²) < 4.78 is 26.1. The molecule has 3 N–H and O–H groups in total. The largest absolute Gasteiger partial charge is 0.363 e. The number of aromatic nitrogens is 1. The Morgan fingerprint density at radius 1 is 1.47 bits per heavy atom. The normalized spacial score (nSPS) is 19.6. The number of nitrogens with one attached hydrogen (secondary N) is 1. The van der Waals surface area contributed by atoms with Gasteiger partial charge in [0.05, 0.1) is 4.90 Å². The highest BCUT2D eigenvalue weighted by molar-refractivity contribution is 7.89. The lowest BCUT2D eigenvalue weighted by Crippen LogP contribution is -2.37. The van der Waals surface area contributed by atoms with Crippen LogP contribution in [0.5, 0.6) is 0 Å². The average molecular weight is 257 g/mol. The van der Waals surface area contributed by atoms with Crippen LogP contribution in [-0.4, -0.2) is 30.8 Å². The number of nitrogens with zero attached hydrogens (tertiary/aromatic N) is 1. The molecule has 96 valence electrons. The SMILES string of the molecule is CC1CCN(S(=O)(=O)c2c[nH]c(CN)c2)CC1.